The Morgan fingerprint density at radius 3 is 2.17 bits per heavy atom. The molecule has 0 atom stereocenters. The Balaban J connectivity index is 1.83. The maximum Gasteiger partial charge on any atom is 0.246 e. The lowest BCUT2D eigenvalue weighted by Crippen LogP contribution is -2.37. The standard InChI is InChI=1S/C17H23FN4O5S2/c1-12-17(13(2)20-19-12)29(25,26)22-8-4-7-21(9-10-22)28(23,24)14-5-6-16(27-3)15(18)11-14/h5-6,11H,4,7-10H2,1-3H3,(H,19,20). The predicted molar refractivity (Wildman–Crippen MR) is 103 cm³/mol. The highest BCUT2D eigenvalue weighted by Gasteiger charge is 2.34. The molecule has 1 saturated heterocycles. The van der Waals surface area contributed by atoms with E-state index >= 15 is 0 Å². The first-order chi connectivity index (χ1) is 13.6. The van der Waals surface area contributed by atoms with Crippen molar-refractivity contribution in [3.63, 3.8) is 0 Å². The Bertz CT molecular complexity index is 1100. The van der Waals surface area contributed by atoms with Crippen molar-refractivity contribution in [2.75, 3.05) is 33.3 Å². The second-order valence-electron chi connectivity index (χ2n) is 6.72. The number of sulfonamides is 2. The summed E-state index contributed by atoms with van der Waals surface area (Å²) in [5.74, 6) is -0.832. The lowest BCUT2D eigenvalue weighted by molar-refractivity contribution is 0.384. The van der Waals surface area contributed by atoms with Gasteiger partial charge in [0.15, 0.2) is 11.6 Å². The molecule has 1 fully saturated rings. The molecule has 0 aliphatic carbocycles. The van der Waals surface area contributed by atoms with E-state index in [4.69, 9.17) is 4.74 Å². The molecule has 3 rings (SSSR count). The SMILES string of the molecule is COc1ccc(S(=O)(=O)N2CCCN(S(=O)(=O)c3c(C)n[nH]c3C)CC2)cc1F. The van der Waals surface area contributed by atoms with Gasteiger partial charge >= 0.3 is 0 Å². The van der Waals surface area contributed by atoms with Crippen LogP contribution in [-0.4, -0.2) is 68.9 Å². The summed E-state index contributed by atoms with van der Waals surface area (Å²) in [5.41, 5.74) is 0.801. The van der Waals surface area contributed by atoms with E-state index in [1.165, 1.54) is 27.9 Å². The third-order valence-electron chi connectivity index (χ3n) is 4.83. The lowest BCUT2D eigenvalue weighted by Gasteiger charge is -2.22. The number of hydrogen-bond acceptors (Lipinski definition) is 6. The summed E-state index contributed by atoms with van der Waals surface area (Å²) < 4.78 is 73.1. The Morgan fingerprint density at radius 2 is 1.66 bits per heavy atom. The van der Waals surface area contributed by atoms with Gasteiger partial charge in [0.05, 0.1) is 23.4 Å². The molecule has 9 nitrogen and oxygen atoms in total. The van der Waals surface area contributed by atoms with Crippen LogP contribution in [0.25, 0.3) is 0 Å². The summed E-state index contributed by atoms with van der Waals surface area (Å²) in [4.78, 5) is -0.0836. The average Bonchev–Trinajstić information content (AvgIpc) is 2.86. The molecule has 1 aromatic heterocycles. The molecule has 1 aliphatic heterocycles. The number of nitrogens with zero attached hydrogens (tertiary/aromatic N) is 3. The molecule has 29 heavy (non-hydrogen) atoms. The van der Waals surface area contributed by atoms with Crippen molar-refractivity contribution in [3.05, 3.63) is 35.4 Å². The van der Waals surface area contributed by atoms with Crippen LogP contribution in [0.2, 0.25) is 0 Å². The molecule has 160 valence electrons. The molecule has 0 unspecified atom stereocenters. The molecule has 1 aromatic carbocycles. The Labute approximate surface area is 169 Å². The van der Waals surface area contributed by atoms with Crippen LogP contribution < -0.4 is 4.74 Å². The number of methoxy groups -OCH3 is 1. The van der Waals surface area contributed by atoms with Crippen molar-refractivity contribution >= 4 is 20.0 Å². The maximum absolute atomic E-state index is 14.0. The van der Waals surface area contributed by atoms with Gasteiger partial charge in [0.1, 0.15) is 4.90 Å². The molecule has 0 bridgehead atoms. The van der Waals surface area contributed by atoms with Gasteiger partial charge in [-0.3, -0.25) is 5.10 Å². The average molecular weight is 447 g/mol. The van der Waals surface area contributed by atoms with E-state index < -0.39 is 25.9 Å². The van der Waals surface area contributed by atoms with E-state index in [1.54, 1.807) is 13.8 Å². The van der Waals surface area contributed by atoms with Gasteiger partial charge in [-0.1, -0.05) is 0 Å². The number of H-pyrrole nitrogens is 1. The molecule has 0 amide bonds. The number of rotatable bonds is 5. The van der Waals surface area contributed by atoms with Gasteiger partial charge in [0.2, 0.25) is 20.0 Å². The summed E-state index contributed by atoms with van der Waals surface area (Å²) >= 11 is 0. The maximum atomic E-state index is 14.0. The fourth-order valence-electron chi connectivity index (χ4n) is 3.36. The van der Waals surface area contributed by atoms with Crippen LogP contribution in [0.4, 0.5) is 4.39 Å². The lowest BCUT2D eigenvalue weighted by atomic mass is 10.3. The van der Waals surface area contributed by atoms with Gasteiger partial charge in [-0.25, -0.2) is 21.2 Å². The van der Waals surface area contributed by atoms with Crippen molar-refractivity contribution in [1.82, 2.24) is 18.8 Å². The third kappa shape index (κ3) is 4.02. The predicted octanol–water partition coefficient (Wildman–Crippen LogP) is 1.26. The third-order valence-corrected chi connectivity index (χ3v) is 8.89. The number of halogens is 1. The molecular formula is C17H23FN4O5S2. The number of aryl methyl sites for hydroxylation is 2. The van der Waals surface area contributed by atoms with Crippen molar-refractivity contribution < 1.29 is 26.0 Å². The smallest absolute Gasteiger partial charge is 0.246 e. The number of benzene rings is 1. The Hall–Kier alpha value is -2.02. The molecule has 0 spiro atoms. The molecule has 12 heteroatoms. The topological polar surface area (TPSA) is 113 Å². The number of ether oxygens (including phenoxy) is 1. The summed E-state index contributed by atoms with van der Waals surface area (Å²) in [5, 5.41) is 6.59. The minimum atomic E-state index is -3.97. The van der Waals surface area contributed by atoms with Crippen molar-refractivity contribution in [2.24, 2.45) is 0 Å². The van der Waals surface area contributed by atoms with E-state index in [1.807, 2.05) is 0 Å². The first-order valence-electron chi connectivity index (χ1n) is 8.94. The van der Waals surface area contributed by atoms with Gasteiger partial charge in [-0.05, 0) is 38.5 Å². The Kier molecular flexibility index (Phi) is 5.99. The first-order valence-corrected chi connectivity index (χ1v) is 11.8. The molecule has 1 N–H and O–H groups in total. The van der Waals surface area contributed by atoms with Crippen LogP contribution in [0.5, 0.6) is 5.75 Å². The molecular weight excluding hydrogens is 423 g/mol. The van der Waals surface area contributed by atoms with Gasteiger partial charge < -0.3 is 4.74 Å². The highest BCUT2D eigenvalue weighted by atomic mass is 32.2. The number of hydrogen-bond donors (Lipinski definition) is 1. The highest BCUT2D eigenvalue weighted by molar-refractivity contribution is 7.89. The number of aromatic nitrogens is 2. The fraction of sp³-hybridized carbons (Fsp3) is 0.471. The van der Waals surface area contributed by atoms with E-state index in [0.29, 0.717) is 17.8 Å². The zero-order valence-electron chi connectivity index (χ0n) is 16.3. The summed E-state index contributed by atoms with van der Waals surface area (Å²) in [6, 6.07) is 3.43. The number of nitrogens with one attached hydrogen (secondary N) is 1. The van der Waals surface area contributed by atoms with Crippen molar-refractivity contribution in [2.45, 2.75) is 30.1 Å². The van der Waals surface area contributed by atoms with Crippen LogP contribution in [0.3, 0.4) is 0 Å². The largest absolute Gasteiger partial charge is 0.494 e. The zero-order valence-corrected chi connectivity index (χ0v) is 18.0. The second kappa shape index (κ2) is 8.01. The zero-order chi connectivity index (χ0) is 21.4. The van der Waals surface area contributed by atoms with Crippen molar-refractivity contribution in [3.8, 4) is 5.75 Å². The minimum absolute atomic E-state index is 0.00966. The van der Waals surface area contributed by atoms with Gasteiger partial charge in [-0.2, -0.15) is 13.7 Å². The van der Waals surface area contributed by atoms with Gasteiger partial charge in [-0.15, -0.1) is 0 Å². The first kappa shape index (κ1) is 21.7. The number of aromatic amines is 1. The molecule has 0 radical (unpaired) electrons. The monoisotopic (exact) mass is 446 g/mol. The van der Waals surface area contributed by atoms with E-state index in [2.05, 4.69) is 10.2 Å². The summed E-state index contributed by atoms with van der Waals surface area (Å²) in [6.07, 6.45) is 0.313. The van der Waals surface area contributed by atoms with Gasteiger partial charge in [0.25, 0.3) is 0 Å². The van der Waals surface area contributed by atoms with Crippen LogP contribution in [0.1, 0.15) is 17.8 Å². The Morgan fingerprint density at radius 1 is 1.03 bits per heavy atom. The van der Waals surface area contributed by atoms with Gasteiger partial charge in [0, 0.05) is 26.2 Å². The molecule has 0 saturated carbocycles. The van der Waals surface area contributed by atoms with E-state index in [-0.39, 0.29) is 41.7 Å². The van der Waals surface area contributed by atoms with E-state index in [0.717, 1.165) is 6.07 Å². The quantitative estimate of drug-likeness (QED) is 0.740. The van der Waals surface area contributed by atoms with Crippen LogP contribution in [-0.2, 0) is 20.0 Å². The highest BCUT2D eigenvalue weighted by Crippen LogP contribution is 2.26. The van der Waals surface area contributed by atoms with E-state index in [9.17, 15) is 21.2 Å². The second-order valence-corrected chi connectivity index (χ2v) is 10.5. The summed E-state index contributed by atoms with van der Waals surface area (Å²) in [6.45, 7) is 3.49. The molecule has 1 aliphatic rings. The molecule has 2 heterocycles. The normalized spacial score (nSPS) is 17.2. The molecule has 2 aromatic rings. The summed E-state index contributed by atoms with van der Waals surface area (Å²) in [7, 11) is -6.49. The van der Waals surface area contributed by atoms with Crippen LogP contribution in [0.15, 0.2) is 28.0 Å². The van der Waals surface area contributed by atoms with Crippen LogP contribution >= 0.6 is 0 Å². The van der Waals surface area contributed by atoms with Crippen molar-refractivity contribution in [1.29, 1.82) is 0 Å². The van der Waals surface area contributed by atoms with Crippen LogP contribution in [0, 0.1) is 19.7 Å². The minimum Gasteiger partial charge on any atom is -0.494 e. The fourth-order valence-corrected chi connectivity index (χ4v) is 6.64.